The van der Waals surface area contributed by atoms with Gasteiger partial charge in [0.2, 0.25) is 0 Å². The average molecular weight is 178 g/mol. The van der Waals surface area contributed by atoms with Crippen LogP contribution in [0.25, 0.3) is 0 Å². The van der Waals surface area contributed by atoms with Gasteiger partial charge < -0.3 is 5.11 Å². The molecule has 3 atom stereocenters. The van der Waals surface area contributed by atoms with Gasteiger partial charge in [-0.2, -0.15) is 0 Å². The van der Waals surface area contributed by atoms with Gasteiger partial charge in [0.25, 0.3) is 0 Å². The summed E-state index contributed by atoms with van der Waals surface area (Å²) < 4.78 is 14.4. The Hall–Kier alpha value is -0.490. The van der Waals surface area contributed by atoms with Gasteiger partial charge in [0, 0.05) is 0 Å². The van der Waals surface area contributed by atoms with Crippen molar-refractivity contribution in [1.82, 2.24) is 0 Å². The fourth-order valence-corrected chi connectivity index (χ4v) is 3.37. The zero-order valence-electron chi connectivity index (χ0n) is 4.90. The zero-order chi connectivity index (χ0) is 7.72. The molecule has 10 heavy (non-hydrogen) atoms. The molecule has 56 valence electrons. The lowest BCUT2D eigenvalue weighted by Gasteiger charge is -2.01. The van der Waals surface area contributed by atoms with Crippen molar-refractivity contribution >= 4 is 25.4 Å². The van der Waals surface area contributed by atoms with Crippen molar-refractivity contribution in [2.24, 2.45) is 0 Å². The fraction of sp³-hybridized carbons (Fsp3) is 0.250. The Labute approximate surface area is 62.1 Å². The summed E-state index contributed by atoms with van der Waals surface area (Å²) >= 11 is 0. The fourth-order valence-electron chi connectivity index (χ4n) is 0.559. The van der Waals surface area contributed by atoms with Gasteiger partial charge in [0.1, 0.15) is 5.25 Å². The van der Waals surface area contributed by atoms with Gasteiger partial charge in [-0.1, -0.05) is 6.08 Å². The first-order chi connectivity index (χ1) is 4.63. The lowest BCUT2D eigenvalue weighted by molar-refractivity contribution is -0.135. The number of hydrogen-bond donors (Lipinski definition) is 3. The molecule has 1 heterocycles. The summed E-state index contributed by atoms with van der Waals surface area (Å²) in [6.07, 6.45) is 1.44. The molecular formula is C4H6N2O2S2. The maximum atomic E-state index is 10.3. The summed E-state index contributed by atoms with van der Waals surface area (Å²) in [5.41, 5.74) is 0. The first kappa shape index (κ1) is 7.62. The summed E-state index contributed by atoms with van der Waals surface area (Å²) in [6.45, 7) is 0. The maximum absolute atomic E-state index is 10.3. The highest BCUT2D eigenvalue weighted by Crippen LogP contribution is 2.14. The van der Waals surface area contributed by atoms with Crippen molar-refractivity contribution in [1.29, 1.82) is 9.56 Å². The van der Waals surface area contributed by atoms with Gasteiger partial charge in [-0.05, 0) is 24.9 Å². The molecule has 0 radical (unpaired) electrons. The molecule has 1 aliphatic rings. The van der Waals surface area contributed by atoms with Crippen molar-refractivity contribution in [3.05, 3.63) is 11.5 Å². The molecule has 0 saturated carbocycles. The summed E-state index contributed by atoms with van der Waals surface area (Å²) in [6, 6.07) is 0. The molecular weight excluding hydrogens is 172 g/mol. The van der Waals surface area contributed by atoms with Crippen LogP contribution in [0, 0.1) is 9.56 Å². The summed E-state index contributed by atoms with van der Waals surface area (Å²) in [7, 11) is -1.94. The third-order valence-electron chi connectivity index (χ3n) is 1.04. The van der Waals surface area contributed by atoms with E-state index in [-0.39, 0.29) is 0 Å². The van der Waals surface area contributed by atoms with Gasteiger partial charge in [-0.3, -0.25) is 14.4 Å². The highest BCUT2D eigenvalue weighted by atomic mass is 33.1. The van der Waals surface area contributed by atoms with E-state index in [1.54, 1.807) is 0 Å². The van der Waals surface area contributed by atoms with Gasteiger partial charge in [-0.15, -0.1) is 0 Å². The smallest absolute Gasteiger partial charge is 0.322 e. The number of rotatable bonds is 1. The van der Waals surface area contributed by atoms with Crippen LogP contribution in [0.5, 0.6) is 0 Å². The Morgan fingerprint density at radius 2 is 2.20 bits per heavy atom. The molecule has 0 saturated heterocycles. The van der Waals surface area contributed by atoms with Crippen LogP contribution in [0.2, 0.25) is 0 Å². The number of carboxylic acid groups (broad SMARTS) is 1. The number of aliphatic carboxylic acids is 1. The standard InChI is InChI=1S/C4H6N2O2S2/c5-9-2-1-3(4(7)8)10(9)6/h1-3,5-6H,(H,7,8). The van der Waals surface area contributed by atoms with E-state index in [9.17, 15) is 4.79 Å². The molecule has 1 aliphatic heterocycles. The minimum Gasteiger partial charge on any atom is -0.480 e. The predicted octanol–water partition coefficient (Wildman–Crippen LogP) is 0.643. The van der Waals surface area contributed by atoms with Crippen molar-refractivity contribution in [2.75, 3.05) is 0 Å². The Bertz CT molecular complexity index is 248. The van der Waals surface area contributed by atoms with Crippen LogP contribution in [-0.4, -0.2) is 16.3 Å². The van der Waals surface area contributed by atoms with Gasteiger partial charge in [0.05, 0.1) is 0 Å². The molecule has 0 aromatic heterocycles. The number of carboxylic acids is 1. The van der Waals surface area contributed by atoms with E-state index in [1.165, 1.54) is 11.5 Å². The van der Waals surface area contributed by atoms with Gasteiger partial charge in [-0.25, -0.2) is 0 Å². The van der Waals surface area contributed by atoms with E-state index in [2.05, 4.69) is 0 Å². The molecule has 3 N–H and O–H groups in total. The van der Waals surface area contributed by atoms with E-state index in [1.807, 2.05) is 0 Å². The van der Waals surface area contributed by atoms with E-state index in [0.29, 0.717) is 0 Å². The zero-order valence-corrected chi connectivity index (χ0v) is 6.54. The normalized spacial score (nSPS) is 38.2. The summed E-state index contributed by atoms with van der Waals surface area (Å²) in [5.74, 6) is -0.989. The molecule has 0 spiro atoms. The van der Waals surface area contributed by atoms with E-state index < -0.39 is 30.7 Å². The Balaban J connectivity index is 2.86. The monoisotopic (exact) mass is 178 g/mol. The van der Waals surface area contributed by atoms with Crippen molar-refractivity contribution in [3.8, 4) is 0 Å². The number of hydrogen-bond acceptors (Lipinski definition) is 3. The second-order valence-electron chi connectivity index (χ2n) is 1.68. The van der Waals surface area contributed by atoms with Crippen LogP contribution >= 0.6 is 0 Å². The minimum atomic E-state index is -1.05. The maximum Gasteiger partial charge on any atom is 0.322 e. The molecule has 6 heteroatoms. The molecule has 0 fully saturated rings. The summed E-state index contributed by atoms with van der Waals surface area (Å²) in [4.78, 5) is 10.3. The van der Waals surface area contributed by atoms with Gasteiger partial charge >= 0.3 is 5.97 Å². The highest BCUT2D eigenvalue weighted by molar-refractivity contribution is 8.64. The SMILES string of the molecule is N=S1C=CC(C(=O)O)S1=N. The highest BCUT2D eigenvalue weighted by Gasteiger charge is 2.24. The molecule has 0 aromatic rings. The number of carbonyl (C=O) groups is 1. The van der Waals surface area contributed by atoms with Crippen LogP contribution in [0.3, 0.4) is 0 Å². The third kappa shape index (κ3) is 1.17. The Morgan fingerprint density at radius 1 is 1.60 bits per heavy atom. The van der Waals surface area contributed by atoms with Crippen LogP contribution in [0.1, 0.15) is 0 Å². The first-order valence-electron chi connectivity index (χ1n) is 2.43. The molecule has 0 aliphatic carbocycles. The lowest BCUT2D eigenvalue weighted by Crippen LogP contribution is -2.19. The predicted molar refractivity (Wildman–Crippen MR) is 40.7 cm³/mol. The minimum absolute atomic E-state index is 0.735. The van der Waals surface area contributed by atoms with Gasteiger partial charge in [0.15, 0.2) is 0 Å². The van der Waals surface area contributed by atoms with Crippen LogP contribution < -0.4 is 0 Å². The molecule has 4 nitrogen and oxygen atoms in total. The first-order valence-corrected chi connectivity index (χ1v) is 5.52. The molecule has 0 bridgehead atoms. The van der Waals surface area contributed by atoms with Crippen LogP contribution in [0.15, 0.2) is 11.5 Å². The Morgan fingerprint density at radius 3 is 2.40 bits per heavy atom. The molecule has 0 amide bonds. The number of nitrogens with one attached hydrogen (secondary N) is 2. The van der Waals surface area contributed by atoms with E-state index in [4.69, 9.17) is 14.7 Å². The van der Waals surface area contributed by atoms with Crippen LogP contribution in [0.4, 0.5) is 0 Å². The summed E-state index contributed by atoms with van der Waals surface area (Å²) in [5, 5.41) is 9.22. The molecule has 1 rings (SSSR count). The second-order valence-corrected chi connectivity index (χ2v) is 5.81. The molecule has 0 aromatic carbocycles. The quantitative estimate of drug-likeness (QED) is 0.515. The van der Waals surface area contributed by atoms with Crippen molar-refractivity contribution in [3.63, 3.8) is 0 Å². The van der Waals surface area contributed by atoms with E-state index in [0.717, 1.165) is 0 Å². The van der Waals surface area contributed by atoms with Crippen molar-refractivity contribution in [2.45, 2.75) is 5.25 Å². The Kier molecular flexibility index (Phi) is 2.00. The largest absolute Gasteiger partial charge is 0.480 e. The third-order valence-corrected chi connectivity index (χ3v) is 4.77. The van der Waals surface area contributed by atoms with Crippen LogP contribution in [-0.2, 0) is 24.2 Å². The lowest BCUT2D eigenvalue weighted by atomic mass is 10.4. The van der Waals surface area contributed by atoms with Crippen molar-refractivity contribution < 1.29 is 9.90 Å². The second kappa shape index (κ2) is 2.63. The topological polar surface area (TPSA) is 85.0 Å². The van der Waals surface area contributed by atoms with E-state index >= 15 is 0 Å². The average Bonchev–Trinajstić information content (AvgIpc) is 2.14. The molecule has 3 unspecified atom stereocenters.